The molecule has 0 radical (unpaired) electrons. The fourth-order valence-corrected chi connectivity index (χ4v) is 2.52. The lowest BCUT2D eigenvalue weighted by molar-refractivity contribution is 0.232. The highest BCUT2D eigenvalue weighted by atomic mass is 32.1. The first-order valence-electron chi connectivity index (χ1n) is 6.79. The van der Waals surface area contributed by atoms with E-state index in [0.717, 1.165) is 11.4 Å². The van der Waals surface area contributed by atoms with Crippen molar-refractivity contribution in [2.75, 3.05) is 5.32 Å². The topological polar surface area (TPSA) is 59.9 Å². The lowest BCUT2D eigenvalue weighted by Crippen LogP contribution is -2.11. The number of nitrogens with one attached hydrogen (secondary N) is 1. The van der Waals surface area contributed by atoms with Crippen molar-refractivity contribution in [2.24, 2.45) is 0 Å². The van der Waals surface area contributed by atoms with E-state index in [9.17, 15) is 0 Å². The molecule has 1 atom stereocenters. The molecule has 2 heterocycles. The number of nitrogens with zero attached hydrogens (tertiary/aromatic N) is 3. The van der Waals surface area contributed by atoms with Crippen molar-refractivity contribution in [3.05, 3.63) is 28.3 Å². The number of anilines is 1. The smallest absolute Gasteiger partial charge is 0.226 e. The first-order chi connectivity index (χ1) is 9.58. The summed E-state index contributed by atoms with van der Waals surface area (Å²) >= 11 is 1.71. The first kappa shape index (κ1) is 14.7. The number of ether oxygens (including phenoxy) is 1. The highest BCUT2D eigenvalue weighted by molar-refractivity contribution is 7.11. The van der Waals surface area contributed by atoms with E-state index in [1.54, 1.807) is 23.6 Å². The molecular weight excluding hydrogens is 272 g/mol. The molecule has 5 nitrogen and oxygen atoms in total. The molecule has 0 fully saturated rings. The minimum absolute atomic E-state index is 0.0783. The Morgan fingerprint density at radius 3 is 2.75 bits per heavy atom. The van der Waals surface area contributed by atoms with Crippen LogP contribution in [0.5, 0.6) is 5.88 Å². The van der Waals surface area contributed by atoms with Gasteiger partial charge in [0.15, 0.2) is 0 Å². The zero-order chi connectivity index (χ0) is 14.5. The van der Waals surface area contributed by atoms with Crippen LogP contribution in [0.3, 0.4) is 0 Å². The Hall–Kier alpha value is -1.69. The zero-order valence-corrected chi connectivity index (χ0v) is 13.1. The summed E-state index contributed by atoms with van der Waals surface area (Å²) in [6.07, 6.45) is 4.73. The summed E-state index contributed by atoms with van der Waals surface area (Å²) in [7, 11) is 0. The van der Waals surface area contributed by atoms with Gasteiger partial charge in [-0.2, -0.15) is 4.98 Å². The summed E-state index contributed by atoms with van der Waals surface area (Å²) in [4.78, 5) is 14.3. The number of hydrogen-bond acceptors (Lipinski definition) is 6. The van der Waals surface area contributed by atoms with Crippen LogP contribution in [0.2, 0.25) is 0 Å². The standard InChI is InChI=1S/C14H20N4OS/c1-5-11-8-16-13(20-11)10(4)17-14-15-7-6-12(18-14)19-9(2)3/h6-10H,5H2,1-4H3,(H,15,17,18). The second-order valence-electron chi connectivity index (χ2n) is 4.77. The summed E-state index contributed by atoms with van der Waals surface area (Å²) < 4.78 is 5.56. The fraction of sp³-hybridized carbons (Fsp3) is 0.500. The van der Waals surface area contributed by atoms with Gasteiger partial charge < -0.3 is 10.1 Å². The molecule has 0 aliphatic heterocycles. The number of hydrogen-bond donors (Lipinski definition) is 1. The number of aryl methyl sites for hydroxylation is 1. The van der Waals surface area contributed by atoms with Crippen molar-refractivity contribution in [2.45, 2.75) is 46.3 Å². The van der Waals surface area contributed by atoms with Gasteiger partial charge in [-0.05, 0) is 27.2 Å². The normalized spacial score (nSPS) is 12.4. The molecule has 0 aliphatic carbocycles. The van der Waals surface area contributed by atoms with Gasteiger partial charge in [0.2, 0.25) is 11.8 Å². The Kier molecular flexibility index (Phi) is 4.89. The molecule has 6 heteroatoms. The molecule has 0 aliphatic rings. The Labute approximate surface area is 123 Å². The maximum atomic E-state index is 5.56. The molecule has 1 N–H and O–H groups in total. The van der Waals surface area contributed by atoms with Gasteiger partial charge in [0.25, 0.3) is 0 Å². The molecule has 2 aromatic heterocycles. The third-order valence-corrected chi connectivity index (χ3v) is 3.95. The SMILES string of the molecule is CCc1cnc(C(C)Nc2nccc(OC(C)C)n2)s1. The molecule has 0 aromatic carbocycles. The van der Waals surface area contributed by atoms with Crippen LogP contribution >= 0.6 is 11.3 Å². The highest BCUT2D eigenvalue weighted by Gasteiger charge is 2.12. The molecule has 0 amide bonds. The molecule has 2 rings (SSSR count). The van der Waals surface area contributed by atoms with Crippen molar-refractivity contribution < 1.29 is 4.74 Å². The molecular formula is C14H20N4OS. The maximum Gasteiger partial charge on any atom is 0.226 e. The van der Waals surface area contributed by atoms with Crippen LogP contribution in [0.1, 0.15) is 43.6 Å². The van der Waals surface area contributed by atoms with Gasteiger partial charge in [-0.1, -0.05) is 6.92 Å². The summed E-state index contributed by atoms with van der Waals surface area (Å²) in [5, 5.41) is 4.30. The number of aromatic nitrogens is 3. The number of rotatable bonds is 6. The average Bonchev–Trinajstić information content (AvgIpc) is 2.87. The minimum atomic E-state index is 0.0783. The molecule has 20 heavy (non-hydrogen) atoms. The van der Waals surface area contributed by atoms with E-state index >= 15 is 0 Å². The predicted octanol–water partition coefficient (Wildman–Crippen LogP) is 3.46. The molecule has 108 valence electrons. The van der Waals surface area contributed by atoms with Crippen molar-refractivity contribution in [1.82, 2.24) is 15.0 Å². The quantitative estimate of drug-likeness (QED) is 0.883. The molecule has 0 bridgehead atoms. The van der Waals surface area contributed by atoms with Crippen LogP contribution in [0, 0.1) is 0 Å². The Morgan fingerprint density at radius 2 is 2.10 bits per heavy atom. The van der Waals surface area contributed by atoms with Gasteiger partial charge in [-0.15, -0.1) is 11.3 Å². The molecule has 2 aromatic rings. The van der Waals surface area contributed by atoms with Crippen molar-refractivity contribution in [3.8, 4) is 5.88 Å². The van der Waals surface area contributed by atoms with Crippen LogP contribution in [0.25, 0.3) is 0 Å². The molecule has 0 spiro atoms. The van der Waals surface area contributed by atoms with Crippen molar-refractivity contribution >= 4 is 17.3 Å². The van der Waals surface area contributed by atoms with Gasteiger partial charge in [0.1, 0.15) is 5.01 Å². The van der Waals surface area contributed by atoms with Crippen LogP contribution in [0.4, 0.5) is 5.95 Å². The molecule has 0 saturated carbocycles. The maximum absolute atomic E-state index is 5.56. The minimum Gasteiger partial charge on any atom is -0.475 e. The number of thiazole rings is 1. The van der Waals surface area contributed by atoms with E-state index in [2.05, 4.69) is 34.1 Å². The third kappa shape index (κ3) is 3.90. The van der Waals surface area contributed by atoms with Crippen molar-refractivity contribution in [1.29, 1.82) is 0 Å². The van der Waals surface area contributed by atoms with Gasteiger partial charge in [0, 0.05) is 23.3 Å². The van der Waals surface area contributed by atoms with Crippen molar-refractivity contribution in [3.63, 3.8) is 0 Å². The van der Waals surface area contributed by atoms with E-state index in [4.69, 9.17) is 4.74 Å². The van der Waals surface area contributed by atoms with E-state index in [1.165, 1.54) is 4.88 Å². The zero-order valence-electron chi connectivity index (χ0n) is 12.3. The largest absolute Gasteiger partial charge is 0.475 e. The second-order valence-corrected chi connectivity index (χ2v) is 5.92. The molecule has 1 unspecified atom stereocenters. The highest BCUT2D eigenvalue weighted by Crippen LogP contribution is 2.23. The summed E-state index contributed by atoms with van der Waals surface area (Å²) in [5.74, 6) is 1.14. The summed E-state index contributed by atoms with van der Waals surface area (Å²) in [6.45, 7) is 8.13. The Bertz CT molecular complexity index is 556. The average molecular weight is 292 g/mol. The van der Waals surface area contributed by atoms with Crippen LogP contribution in [0.15, 0.2) is 18.5 Å². The lowest BCUT2D eigenvalue weighted by atomic mass is 10.3. The second kappa shape index (κ2) is 6.65. The predicted molar refractivity (Wildman–Crippen MR) is 81.3 cm³/mol. The van der Waals surface area contributed by atoms with Gasteiger partial charge in [-0.25, -0.2) is 9.97 Å². The Balaban J connectivity index is 2.05. The van der Waals surface area contributed by atoms with Gasteiger partial charge in [0.05, 0.1) is 12.1 Å². The van der Waals surface area contributed by atoms with Gasteiger partial charge in [-0.3, -0.25) is 0 Å². The van der Waals surface area contributed by atoms with E-state index in [-0.39, 0.29) is 12.1 Å². The molecule has 0 saturated heterocycles. The third-order valence-electron chi connectivity index (χ3n) is 2.62. The summed E-state index contributed by atoms with van der Waals surface area (Å²) in [6, 6.07) is 1.84. The van der Waals surface area contributed by atoms with Crippen LogP contribution < -0.4 is 10.1 Å². The Morgan fingerprint density at radius 1 is 1.30 bits per heavy atom. The van der Waals surface area contributed by atoms with E-state index in [0.29, 0.717) is 11.8 Å². The van der Waals surface area contributed by atoms with E-state index in [1.807, 2.05) is 20.0 Å². The van der Waals surface area contributed by atoms with Gasteiger partial charge >= 0.3 is 0 Å². The fourth-order valence-electron chi connectivity index (χ4n) is 1.66. The van der Waals surface area contributed by atoms with Crippen LogP contribution in [-0.2, 0) is 6.42 Å². The first-order valence-corrected chi connectivity index (χ1v) is 7.61. The monoisotopic (exact) mass is 292 g/mol. The van der Waals surface area contributed by atoms with Crippen LogP contribution in [-0.4, -0.2) is 21.1 Å². The summed E-state index contributed by atoms with van der Waals surface area (Å²) in [5.41, 5.74) is 0. The lowest BCUT2D eigenvalue weighted by Gasteiger charge is -2.13. The van der Waals surface area contributed by atoms with E-state index < -0.39 is 0 Å².